The van der Waals surface area contributed by atoms with Crippen molar-refractivity contribution in [1.82, 2.24) is 0 Å². The summed E-state index contributed by atoms with van der Waals surface area (Å²) in [6.45, 7) is 0. The van der Waals surface area contributed by atoms with Crippen LogP contribution in [-0.2, 0) is 0 Å². The van der Waals surface area contributed by atoms with E-state index in [1.165, 1.54) is 0 Å². The van der Waals surface area contributed by atoms with Crippen molar-refractivity contribution in [2.24, 2.45) is 0 Å². The van der Waals surface area contributed by atoms with Gasteiger partial charge in [-0.1, -0.05) is 60.2 Å². The van der Waals surface area contributed by atoms with Crippen LogP contribution >= 0.6 is 11.6 Å². The van der Waals surface area contributed by atoms with Gasteiger partial charge in [0.2, 0.25) is 0 Å². The first-order chi connectivity index (χ1) is 7.75. The molecular formula is C14H11ClO. The lowest BCUT2D eigenvalue weighted by Crippen LogP contribution is -1.74. The Morgan fingerprint density at radius 3 is 2.25 bits per heavy atom. The summed E-state index contributed by atoms with van der Waals surface area (Å²) in [5, 5.41) is 9.64. The second kappa shape index (κ2) is 4.86. The molecule has 0 spiro atoms. The quantitative estimate of drug-likeness (QED) is 0.766. The third-order valence-electron chi connectivity index (χ3n) is 2.24. The molecule has 2 aromatic rings. The van der Waals surface area contributed by atoms with Crippen molar-refractivity contribution >= 4 is 23.8 Å². The van der Waals surface area contributed by atoms with Crippen LogP contribution in [0, 0.1) is 0 Å². The van der Waals surface area contributed by atoms with E-state index < -0.39 is 0 Å². The maximum atomic E-state index is 9.27. The predicted octanol–water partition coefficient (Wildman–Crippen LogP) is 4.22. The molecule has 0 aliphatic carbocycles. The fraction of sp³-hybridized carbons (Fsp3) is 0. The number of phenols is 1. The van der Waals surface area contributed by atoms with Crippen molar-refractivity contribution in [3.63, 3.8) is 0 Å². The monoisotopic (exact) mass is 230 g/mol. The Kier molecular flexibility index (Phi) is 3.28. The summed E-state index contributed by atoms with van der Waals surface area (Å²) in [4.78, 5) is 0. The molecule has 2 rings (SSSR count). The summed E-state index contributed by atoms with van der Waals surface area (Å²) in [5.74, 6) is 0.110. The van der Waals surface area contributed by atoms with Crippen molar-refractivity contribution in [2.75, 3.05) is 0 Å². The first-order valence-corrected chi connectivity index (χ1v) is 5.35. The first-order valence-electron chi connectivity index (χ1n) is 4.97. The molecule has 0 heterocycles. The lowest BCUT2D eigenvalue weighted by atomic mass is 10.1. The molecule has 0 aromatic heterocycles. The molecule has 0 bridgehead atoms. The van der Waals surface area contributed by atoms with Gasteiger partial charge in [0.05, 0.1) is 5.02 Å². The second-order valence-corrected chi connectivity index (χ2v) is 3.86. The Hall–Kier alpha value is -1.73. The molecule has 0 aliphatic rings. The third-order valence-corrected chi connectivity index (χ3v) is 2.54. The molecule has 0 unspecified atom stereocenters. The van der Waals surface area contributed by atoms with Crippen LogP contribution < -0.4 is 0 Å². The maximum Gasteiger partial charge on any atom is 0.134 e. The van der Waals surface area contributed by atoms with E-state index in [-0.39, 0.29) is 5.75 Å². The van der Waals surface area contributed by atoms with E-state index in [1.807, 2.05) is 48.6 Å². The minimum absolute atomic E-state index is 0.110. The van der Waals surface area contributed by atoms with Crippen molar-refractivity contribution in [1.29, 1.82) is 0 Å². The molecule has 0 saturated carbocycles. The Labute approximate surface area is 99.6 Å². The van der Waals surface area contributed by atoms with Gasteiger partial charge in [-0.2, -0.15) is 0 Å². The van der Waals surface area contributed by atoms with Gasteiger partial charge in [-0.15, -0.1) is 0 Å². The number of rotatable bonds is 2. The normalized spacial score (nSPS) is 10.8. The lowest BCUT2D eigenvalue weighted by Gasteiger charge is -1.98. The SMILES string of the molecule is Oc1ccc(/C=C/c2ccccc2)cc1Cl. The van der Waals surface area contributed by atoms with Crippen molar-refractivity contribution in [3.8, 4) is 5.75 Å². The summed E-state index contributed by atoms with van der Waals surface area (Å²) in [6.07, 6.45) is 3.96. The second-order valence-electron chi connectivity index (χ2n) is 3.45. The van der Waals surface area contributed by atoms with E-state index in [1.54, 1.807) is 12.1 Å². The van der Waals surface area contributed by atoms with Gasteiger partial charge in [-0.3, -0.25) is 0 Å². The molecule has 1 N–H and O–H groups in total. The van der Waals surface area contributed by atoms with Crippen molar-refractivity contribution in [2.45, 2.75) is 0 Å². The Balaban J connectivity index is 2.21. The molecule has 0 aliphatic heterocycles. The van der Waals surface area contributed by atoms with Crippen LogP contribution in [-0.4, -0.2) is 5.11 Å². The fourth-order valence-electron chi connectivity index (χ4n) is 1.38. The molecule has 80 valence electrons. The summed E-state index contributed by atoms with van der Waals surface area (Å²) in [7, 11) is 0. The number of benzene rings is 2. The number of halogens is 1. The number of hydrogen-bond donors (Lipinski definition) is 1. The van der Waals surface area contributed by atoms with Crippen molar-refractivity contribution < 1.29 is 5.11 Å². The van der Waals surface area contributed by atoms with Crippen LogP contribution in [0.5, 0.6) is 5.75 Å². The van der Waals surface area contributed by atoms with E-state index in [2.05, 4.69) is 0 Å². The third kappa shape index (κ3) is 2.65. The van der Waals surface area contributed by atoms with Gasteiger partial charge in [0, 0.05) is 0 Å². The zero-order chi connectivity index (χ0) is 11.4. The minimum Gasteiger partial charge on any atom is -0.506 e. The van der Waals surface area contributed by atoms with Crippen LogP contribution in [0.3, 0.4) is 0 Å². The van der Waals surface area contributed by atoms with Crippen LogP contribution in [0.25, 0.3) is 12.2 Å². The molecule has 0 atom stereocenters. The fourth-order valence-corrected chi connectivity index (χ4v) is 1.57. The maximum absolute atomic E-state index is 9.27. The highest BCUT2D eigenvalue weighted by Gasteiger charge is 1.96. The highest BCUT2D eigenvalue weighted by Crippen LogP contribution is 2.24. The molecular weight excluding hydrogens is 220 g/mol. The largest absolute Gasteiger partial charge is 0.506 e. The predicted molar refractivity (Wildman–Crippen MR) is 68.5 cm³/mol. The zero-order valence-corrected chi connectivity index (χ0v) is 9.35. The van der Waals surface area contributed by atoms with E-state index in [0.717, 1.165) is 11.1 Å². The molecule has 16 heavy (non-hydrogen) atoms. The highest BCUT2D eigenvalue weighted by molar-refractivity contribution is 6.32. The van der Waals surface area contributed by atoms with Gasteiger partial charge < -0.3 is 5.11 Å². The van der Waals surface area contributed by atoms with E-state index in [9.17, 15) is 5.11 Å². The first kappa shape index (κ1) is 10.8. The lowest BCUT2D eigenvalue weighted by molar-refractivity contribution is 0.475. The topological polar surface area (TPSA) is 20.2 Å². The van der Waals surface area contributed by atoms with Crippen LogP contribution in [0.1, 0.15) is 11.1 Å². The number of phenolic OH excluding ortho intramolecular Hbond substituents is 1. The Bertz CT molecular complexity index is 503. The summed E-state index contributed by atoms with van der Waals surface area (Å²) in [6, 6.07) is 15.2. The van der Waals surface area contributed by atoms with Gasteiger partial charge in [-0.25, -0.2) is 0 Å². The molecule has 0 radical (unpaired) electrons. The molecule has 2 aromatic carbocycles. The molecule has 0 saturated heterocycles. The smallest absolute Gasteiger partial charge is 0.134 e. The average molecular weight is 231 g/mol. The standard InChI is InChI=1S/C14H11ClO/c15-13-10-12(8-9-14(13)16)7-6-11-4-2-1-3-5-11/h1-10,16H/b7-6+. The van der Waals surface area contributed by atoms with Crippen LogP contribution in [0.4, 0.5) is 0 Å². The molecule has 1 nitrogen and oxygen atoms in total. The van der Waals surface area contributed by atoms with E-state index in [0.29, 0.717) is 5.02 Å². The summed E-state index contributed by atoms with van der Waals surface area (Å²) in [5.41, 5.74) is 2.10. The van der Waals surface area contributed by atoms with Gasteiger partial charge in [0.25, 0.3) is 0 Å². The summed E-state index contributed by atoms with van der Waals surface area (Å²) < 4.78 is 0. The van der Waals surface area contributed by atoms with E-state index >= 15 is 0 Å². The molecule has 2 heteroatoms. The van der Waals surface area contributed by atoms with Crippen LogP contribution in [0.2, 0.25) is 5.02 Å². The van der Waals surface area contributed by atoms with Crippen LogP contribution in [0.15, 0.2) is 48.5 Å². The van der Waals surface area contributed by atoms with E-state index in [4.69, 9.17) is 11.6 Å². The number of aromatic hydroxyl groups is 1. The number of hydrogen-bond acceptors (Lipinski definition) is 1. The zero-order valence-electron chi connectivity index (χ0n) is 8.60. The molecule has 0 fully saturated rings. The van der Waals surface area contributed by atoms with Crippen molar-refractivity contribution in [3.05, 3.63) is 64.7 Å². The highest BCUT2D eigenvalue weighted by atomic mass is 35.5. The Morgan fingerprint density at radius 1 is 0.875 bits per heavy atom. The summed E-state index contributed by atoms with van der Waals surface area (Å²) >= 11 is 5.81. The van der Waals surface area contributed by atoms with Gasteiger partial charge >= 0.3 is 0 Å². The van der Waals surface area contributed by atoms with Gasteiger partial charge in [0.1, 0.15) is 5.75 Å². The average Bonchev–Trinajstić information content (AvgIpc) is 2.32. The minimum atomic E-state index is 0.110. The Morgan fingerprint density at radius 2 is 1.56 bits per heavy atom. The van der Waals surface area contributed by atoms with Gasteiger partial charge in [-0.05, 0) is 23.3 Å². The van der Waals surface area contributed by atoms with Gasteiger partial charge in [0.15, 0.2) is 0 Å². The molecule has 0 amide bonds.